The van der Waals surface area contributed by atoms with Gasteiger partial charge in [-0.2, -0.15) is 0 Å². The van der Waals surface area contributed by atoms with Crippen molar-refractivity contribution < 1.29 is 19.8 Å². The number of carbonyl (C=O) groups excluding carboxylic acids is 1. The smallest absolute Gasteiger partial charge is 0.328 e. The van der Waals surface area contributed by atoms with E-state index < -0.39 is 18.1 Å². The molecule has 0 aromatic rings. The summed E-state index contributed by atoms with van der Waals surface area (Å²) in [6, 6.07) is -1.22. The zero-order valence-electron chi connectivity index (χ0n) is 9.98. The molecule has 98 valence electrons. The zero-order valence-corrected chi connectivity index (χ0v) is 9.98. The van der Waals surface area contributed by atoms with Gasteiger partial charge in [0.15, 0.2) is 6.04 Å². The quantitative estimate of drug-likeness (QED) is 0.496. The Hall–Kier alpha value is -1.14. The molecule has 1 saturated heterocycles. The standard InChI is InChI=1S/C11H20N2O4/c1-7(14)10(11(16)17)13-9(15)3-2-8-4-5-12-6-8/h7-8,10,12,14H,2-6H2,1H3,(H,13,15)(H,16,17). The summed E-state index contributed by atoms with van der Waals surface area (Å²) >= 11 is 0. The molecule has 1 rings (SSSR count). The summed E-state index contributed by atoms with van der Waals surface area (Å²) in [6.45, 7) is 3.25. The van der Waals surface area contributed by atoms with Crippen molar-refractivity contribution >= 4 is 11.9 Å². The van der Waals surface area contributed by atoms with Gasteiger partial charge in [-0.3, -0.25) is 4.79 Å². The lowest BCUT2D eigenvalue weighted by molar-refractivity contribution is -0.144. The maximum absolute atomic E-state index is 11.5. The van der Waals surface area contributed by atoms with Crippen molar-refractivity contribution in [1.29, 1.82) is 0 Å². The summed E-state index contributed by atoms with van der Waals surface area (Å²) < 4.78 is 0. The average molecular weight is 244 g/mol. The second kappa shape index (κ2) is 6.56. The molecule has 1 amide bonds. The van der Waals surface area contributed by atoms with Gasteiger partial charge in [-0.05, 0) is 38.8 Å². The molecule has 17 heavy (non-hydrogen) atoms. The Morgan fingerprint density at radius 3 is 2.71 bits per heavy atom. The summed E-state index contributed by atoms with van der Waals surface area (Å²) in [7, 11) is 0. The van der Waals surface area contributed by atoms with Crippen molar-refractivity contribution in [1.82, 2.24) is 10.6 Å². The van der Waals surface area contributed by atoms with E-state index in [1.807, 2.05) is 0 Å². The number of nitrogens with one attached hydrogen (secondary N) is 2. The summed E-state index contributed by atoms with van der Waals surface area (Å²) in [4.78, 5) is 22.3. The van der Waals surface area contributed by atoms with E-state index in [9.17, 15) is 14.7 Å². The van der Waals surface area contributed by atoms with Gasteiger partial charge in [0.25, 0.3) is 0 Å². The third kappa shape index (κ3) is 4.70. The minimum atomic E-state index is -1.22. The van der Waals surface area contributed by atoms with Crippen LogP contribution in [0.5, 0.6) is 0 Å². The van der Waals surface area contributed by atoms with Gasteiger partial charge in [-0.1, -0.05) is 0 Å². The van der Waals surface area contributed by atoms with E-state index in [-0.39, 0.29) is 5.91 Å². The fraction of sp³-hybridized carbons (Fsp3) is 0.818. The SMILES string of the molecule is CC(O)C(NC(=O)CCC1CCNC1)C(=O)O. The van der Waals surface area contributed by atoms with E-state index in [0.717, 1.165) is 25.9 Å². The molecule has 0 bridgehead atoms. The number of hydrogen-bond acceptors (Lipinski definition) is 4. The van der Waals surface area contributed by atoms with Gasteiger partial charge >= 0.3 is 5.97 Å². The Labute approximate surface area is 100 Å². The highest BCUT2D eigenvalue weighted by Gasteiger charge is 2.25. The van der Waals surface area contributed by atoms with Crippen LogP contribution in [-0.4, -0.2) is 47.3 Å². The zero-order chi connectivity index (χ0) is 12.8. The number of aliphatic hydroxyl groups is 1. The monoisotopic (exact) mass is 244 g/mol. The lowest BCUT2D eigenvalue weighted by Gasteiger charge is -2.17. The van der Waals surface area contributed by atoms with Crippen LogP contribution in [0.15, 0.2) is 0 Å². The number of aliphatic hydroxyl groups excluding tert-OH is 1. The fourth-order valence-corrected chi connectivity index (χ4v) is 1.93. The van der Waals surface area contributed by atoms with Gasteiger partial charge in [0.2, 0.25) is 5.91 Å². The third-order valence-corrected chi connectivity index (χ3v) is 3.01. The molecule has 1 fully saturated rings. The number of amides is 1. The molecule has 6 heteroatoms. The van der Waals surface area contributed by atoms with E-state index in [4.69, 9.17) is 5.11 Å². The van der Waals surface area contributed by atoms with E-state index >= 15 is 0 Å². The van der Waals surface area contributed by atoms with Crippen molar-refractivity contribution in [3.05, 3.63) is 0 Å². The van der Waals surface area contributed by atoms with Gasteiger partial charge in [0.1, 0.15) is 0 Å². The van der Waals surface area contributed by atoms with E-state index in [1.54, 1.807) is 0 Å². The van der Waals surface area contributed by atoms with Crippen molar-refractivity contribution in [2.45, 2.75) is 38.3 Å². The van der Waals surface area contributed by atoms with Gasteiger partial charge < -0.3 is 20.8 Å². The highest BCUT2D eigenvalue weighted by Crippen LogP contribution is 2.14. The van der Waals surface area contributed by atoms with Gasteiger partial charge in [0, 0.05) is 6.42 Å². The number of carboxylic acid groups (broad SMARTS) is 1. The Kier molecular flexibility index (Phi) is 5.37. The molecule has 0 saturated carbocycles. The maximum Gasteiger partial charge on any atom is 0.328 e. The molecule has 0 aliphatic carbocycles. The first-order chi connectivity index (χ1) is 8.00. The molecule has 3 atom stereocenters. The van der Waals surface area contributed by atoms with Crippen molar-refractivity contribution in [3.63, 3.8) is 0 Å². The molecule has 0 spiro atoms. The summed E-state index contributed by atoms with van der Waals surface area (Å²) in [5, 5.41) is 23.5. The molecule has 0 aromatic heterocycles. The van der Waals surface area contributed by atoms with Crippen molar-refractivity contribution in [3.8, 4) is 0 Å². The molecule has 3 unspecified atom stereocenters. The maximum atomic E-state index is 11.5. The lowest BCUT2D eigenvalue weighted by atomic mass is 10.0. The number of hydrogen-bond donors (Lipinski definition) is 4. The minimum absolute atomic E-state index is 0.308. The summed E-state index contributed by atoms with van der Waals surface area (Å²) in [6.07, 6.45) is 1.03. The number of carboxylic acids is 1. The van der Waals surface area contributed by atoms with Gasteiger partial charge in [-0.25, -0.2) is 4.79 Å². The molecular formula is C11H20N2O4. The van der Waals surface area contributed by atoms with Gasteiger partial charge in [-0.15, -0.1) is 0 Å². The third-order valence-electron chi connectivity index (χ3n) is 3.01. The Morgan fingerprint density at radius 1 is 1.53 bits per heavy atom. The van der Waals surface area contributed by atoms with Crippen molar-refractivity contribution in [2.24, 2.45) is 5.92 Å². The first kappa shape index (κ1) is 13.9. The normalized spacial score (nSPS) is 23.1. The molecular weight excluding hydrogens is 224 g/mol. The number of aliphatic carboxylic acids is 1. The molecule has 4 N–H and O–H groups in total. The topological polar surface area (TPSA) is 98.7 Å². The van der Waals surface area contributed by atoms with Crippen molar-refractivity contribution in [2.75, 3.05) is 13.1 Å². The summed E-state index contributed by atoms with van der Waals surface area (Å²) in [5.41, 5.74) is 0. The molecule has 0 radical (unpaired) electrons. The first-order valence-electron chi connectivity index (χ1n) is 5.91. The lowest BCUT2D eigenvalue weighted by Crippen LogP contribution is -2.47. The van der Waals surface area contributed by atoms with E-state index in [1.165, 1.54) is 6.92 Å². The molecule has 1 heterocycles. The fourth-order valence-electron chi connectivity index (χ4n) is 1.93. The van der Waals surface area contributed by atoms with Crippen LogP contribution in [0.1, 0.15) is 26.2 Å². The number of rotatable bonds is 6. The highest BCUT2D eigenvalue weighted by molar-refractivity contribution is 5.83. The first-order valence-corrected chi connectivity index (χ1v) is 5.91. The van der Waals surface area contributed by atoms with Crippen LogP contribution in [0, 0.1) is 5.92 Å². The van der Waals surface area contributed by atoms with Crippen LogP contribution < -0.4 is 10.6 Å². The second-order valence-electron chi connectivity index (χ2n) is 4.52. The van der Waals surface area contributed by atoms with Crippen LogP contribution in [0.4, 0.5) is 0 Å². The predicted octanol–water partition coefficient (Wildman–Crippen LogP) is -0.674. The Bertz CT molecular complexity index is 275. The van der Waals surface area contributed by atoms with Crippen LogP contribution in [-0.2, 0) is 9.59 Å². The van der Waals surface area contributed by atoms with E-state index in [0.29, 0.717) is 12.3 Å². The van der Waals surface area contributed by atoms with Crippen LogP contribution in [0.25, 0.3) is 0 Å². The molecule has 6 nitrogen and oxygen atoms in total. The largest absolute Gasteiger partial charge is 0.480 e. The second-order valence-corrected chi connectivity index (χ2v) is 4.52. The number of carbonyl (C=O) groups is 2. The highest BCUT2D eigenvalue weighted by atomic mass is 16.4. The van der Waals surface area contributed by atoms with Crippen LogP contribution >= 0.6 is 0 Å². The Balaban J connectivity index is 2.29. The van der Waals surface area contributed by atoms with E-state index in [2.05, 4.69) is 10.6 Å². The predicted molar refractivity (Wildman–Crippen MR) is 61.5 cm³/mol. The summed E-state index contributed by atoms with van der Waals surface area (Å²) in [5.74, 6) is -1.03. The van der Waals surface area contributed by atoms with Crippen LogP contribution in [0.2, 0.25) is 0 Å². The molecule has 0 aromatic carbocycles. The average Bonchev–Trinajstić information content (AvgIpc) is 2.74. The molecule has 1 aliphatic heterocycles. The minimum Gasteiger partial charge on any atom is -0.480 e. The molecule has 1 aliphatic rings. The van der Waals surface area contributed by atoms with Gasteiger partial charge in [0.05, 0.1) is 6.10 Å². The van der Waals surface area contributed by atoms with Crippen LogP contribution in [0.3, 0.4) is 0 Å². The Morgan fingerprint density at radius 2 is 2.24 bits per heavy atom.